The van der Waals surface area contributed by atoms with Crippen LogP contribution in [-0.4, -0.2) is 37.0 Å². The van der Waals surface area contributed by atoms with Crippen LogP contribution >= 0.6 is 0 Å². The van der Waals surface area contributed by atoms with Crippen molar-refractivity contribution in [3.05, 3.63) is 70.9 Å². The van der Waals surface area contributed by atoms with Crippen LogP contribution in [0.15, 0.2) is 54.2 Å². The molecule has 0 radical (unpaired) electrons. The predicted octanol–water partition coefficient (Wildman–Crippen LogP) is 3.14. The molecule has 0 saturated heterocycles. The fourth-order valence-corrected chi connectivity index (χ4v) is 2.93. The summed E-state index contributed by atoms with van der Waals surface area (Å²) in [6.45, 7) is 4.49. The molecule has 2 aromatic carbocycles. The largest absolute Gasteiger partial charge is 0.383 e. The van der Waals surface area contributed by atoms with E-state index >= 15 is 0 Å². The van der Waals surface area contributed by atoms with Crippen molar-refractivity contribution in [2.45, 2.75) is 13.8 Å². The van der Waals surface area contributed by atoms with Crippen LogP contribution in [0.2, 0.25) is 0 Å². The van der Waals surface area contributed by atoms with E-state index in [2.05, 4.69) is 5.32 Å². The molecule has 0 unspecified atom stereocenters. The van der Waals surface area contributed by atoms with E-state index < -0.39 is 0 Å². The molecule has 1 heterocycles. The molecule has 0 bridgehead atoms. The average molecular weight is 350 g/mol. The van der Waals surface area contributed by atoms with Gasteiger partial charge in [-0.2, -0.15) is 0 Å². The van der Waals surface area contributed by atoms with Gasteiger partial charge in [0.2, 0.25) is 0 Å². The van der Waals surface area contributed by atoms with Gasteiger partial charge < -0.3 is 10.1 Å². The maximum atomic E-state index is 12.9. The molecular formula is C21H22N2O3. The Morgan fingerprint density at radius 3 is 2.35 bits per heavy atom. The summed E-state index contributed by atoms with van der Waals surface area (Å²) < 4.78 is 5.04. The van der Waals surface area contributed by atoms with Gasteiger partial charge in [0, 0.05) is 12.8 Å². The van der Waals surface area contributed by atoms with Crippen molar-refractivity contribution >= 4 is 23.1 Å². The summed E-state index contributed by atoms with van der Waals surface area (Å²) in [7, 11) is 1.55. The smallest absolute Gasteiger partial charge is 0.278 e. The fourth-order valence-electron chi connectivity index (χ4n) is 2.93. The first kappa shape index (κ1) is 17.9. The standard InChI is InChI=1S/C21H22N2O3/c1-14-7-9-16(10-8-14)18-19(22-17-6-4-5-15(2)13-17)21(25)23(20(18)24)11-12-26-3/h4-10,13,22H,11-12H2,1-3H3. The van der Waals surface area contributed by atoms with Crippen LogP contribution in [0.1, 0.15) is 16.7 Å². The number of ether oxygens (including phenoxy) is 1. The lowest BCUT2D eigenvalue weighted by atomic mass is 10.0. The van der Waals surface area contributed by atoms with Crippen LogP contribution in [0.3, 0.4) is 0 Å². The van der Waals surface area contributed by atoms with E-state index in [-0.39, 0.29) is 18.4 Å². The molecule has 0 aromatic heterocycles. The zero-order valence-corrected chi connectivity index (χ0v) is 15.2. The molecule has 26 heavy (non-hydrogen) atoms. The molecule has 5 heteroatoms. The second kappa shape index (κ2) is 7.54. The number of carbonyl (C=O) groups is 2. The molecule has 0 fully saturated rings. The van der Waals surface area contributed by atoms with Crippen molar-refractivity contribution in [1.82, 2.24) is 4.90 Å². The Labute approximate surface area is 153 Å². The molecule has 0 aliphatic carbocycles. The van der Waals surface area contributed by atoms with Crippen molar-refractivity contribution in [1.29, 1.82) is 0 Å². The molecule has 1 N–H and O–H groups in total. The van der Waals surface area contributed by atoms with Gasteiger partial charge in [0.05, 0.1) is 18.7 Å². The van der Waals surface area contributed by atoms with Crippen LogP contribution in [0, 0.1) is 13.8 Å². The van der Waals surface area contributed by atoms with E-state index in [0.29, 0.717) is 17.9 Å². The third kappa shape index (κ3) is 3.53. The first-order chi connectivity index (χ1) is 12.5. The van der Waals surface area contributed by atoms with Gasteiger partial charge in [-0.15, -0.1) is 0 Å². The van der Waals surface area contributed by atoms with E-state index in [0.717, 1.165) is 22.4 Å². The van der Waals surface area contributed by atoms with Crippen LogP contribution in [-0.2, 0) is 14.3 Å². The number of rotatable bonds is 6. The SMILES string of the molecule is COCCN1C(=O)C(Nc2cccc(C)c2)=C(c2ccc(C)cc2)C1=O. The van der Waals surface area contributed by atoms with E-state index in [4.69, 9.17) is 4.74 Å². The van der Waals surface area contributed by atoms with Gasteiger partial charge >= 0.3 is 0 Å². The second-order valence-corrected chi connectivity index (χ2v) is 6.37. The van der Waals surface area contributed by atoms with E-state index in [1.807, 2.05) is 62.4 Å². The van der Waals surface area contributed by atoms with Gasteiger partial charge in [0.1, 0.15) is 5.70 Å². The molecule has 0 atom stereocenters. The number of amides is 2. The summed E-state index contributed by atoms with van der Waals surface area (Å²) in [6, 6.07) is 15.3. The first-order valence-corrected chi connectivity index (χ1v) is 8.51. The van der Waals surface area contributed by atoms with Gasteiger partial charge in [-0.25, -0.2) is 0 Å². The lowest BCUT2D eigenvalue weighted by molar-refractivity contribution is -0.137. The summed E-state index contributed by atoms with van der Waals surface area (Å²) in [6.07, 6.45) is 0. The maximum Gasteiger partial charge on any atom is 0.278 e. The predicted molar refractivity (Wildman–Crippen MR) is 101 cm³/mol. The van der Waals surface area contributed by atoms with Crippen molar-refractivity contribution in [3.8, 4) is 0 Å². The number of hydrogen-bond acceptors (Lipinski definition) is 4. The minimum atomic E-state index is -0.330. The monoisotopic (exact) mass is 350 g/mol. The van der Waals surface area contributed by atoms with Crippen LogP contribution in [0.4, 0.5) is 5.69 Å². The summed E-state index contributed by atoms with van der Waals surface area (Å²) in [4.78, 5) is 27.1. The number of aryl methyl sites for hydroxylation is 2. The van der Waals surface area contributed by atoms with Crippen LogP contribution in [0.5, 0.6) is 0 Å². The normalized spacial score (nSPS) is 14.3. The third-order valence-corrected chi connectivity index (χ3v) is 4.31. The van der Waals surface area contributed by atoms with Gasteiger partial charge in [-0.1, -0.05) is 42.0 Å². The number of imide groups is 1. The Bertz CT molecular complexity index is 869. The molecule has 134 valence electrons. The summed E-state index contributed by atoms with van der Waals surface area (Å²) in [5.41, 5.74) is 4.37. The van der Waals surface area contributed by atoms with Gasteiger partial charge in [0.25, 0.3) is 11.8 Å². The number of nitrogens with zero attached hydrogens (tertiary/aromatic N) is 1. The highest BCUT2D eigenvalue weighted by atomic mass is 16.5. The van der Waals surface area contributed by atoms with Crippen LogP contribution < -0.4 is 5.32 Å². The molecule has 5 nitrogen and oxygen atoms in total. The zero-order valence-electron chi connectivity index (χ0n) is 15.2. The van der Waals surface area contributed by atoms with Gasteiger partial charge in [-0.05, 0) is 37.1 Å². The molecule has 1 aliphatic heterocycles. The molecule has 2 aromatic rings. The van der Waals surface area contributed by atoms with E-state index in [1.165, 1.54) is 4.90 Å². The highest BCUT2D eigenvalue weighted by Crippen LogP contribution is 2.30. The Kier molecular flexibility index (Phi) is 5.19. The average Bonchev–Trinajstić information content (AvgIpc) is 2.84. The van der Waals surface area contributed by atoms with Gasteiger partial charge in [0.15, 0.2) is 0 Å². The third-order valence-electron chi connectivity index (χ3n) is 4.31. The Morgan fingerprint density at radius 2 is 1.69 bits per heavy atom. The second-order valence-electron chi connectivity index (χ2n) is 6.37. The zero-order chi connectivity index (χ0) is 18.7. The van der Waals surface area contributed by atoms with Crippen LogP contribution in [0.25, 0.3) is 5.57 Å². The van der Waals surface area contributed by atoms with Crippen molar-refractivity contribution in [2.24, 2.45) is 0 Å². The molecular weight excluding hydrogens is 328 g/mol. The van der Waals surface area contributed by atoms with E-state index in [1.54, 1.807) is 7.11 Å². The lowest BCUT2D eigenvalue weighted by Gasteiger charge is -2.14. The summed E-state index contributed by atoms with van der Waals surface area (Å²) in [5, 5.41) is 3.16. The minimum absolute atomic E-state index is 0.225. The van der Waals surface area contributed by atoms with Crippen molar-refractivity contribution in [3.63, 3.8) is 0 Å². The summed E-state index contributed by atoms with van der Waals surface area (Å²) >= 11 is 0. The number of carbonyl (C=O) groups excluding carboxylic acids is 2. The number of hydrogen-bond donors (Lipinski definition) is 1. The number of anilines is 1. The fraction of sp³-hybridized carbons (Fsp3) is 0.238. The van der Waals surface area contributed by atoms with Gasteiger partial charge in [-0.3, -0.25) is 14.5 Å². The Morgan fingerprint density at radius 1 is 0.962 bits per heavy atom. The number of benzene rings is 2. The first-order valence-electron chi connectivity index (χ1n) is 8.51. The topological polar surface area (TPSA) is 58.6 Å². The van der Waals surface area contributed by atoms with Crippen molar-refractivity contribution in [2.75, 3.05) is 25.6 Å². The Hall–Kier alpha value is -2.92. The number of nitrogens with one attached hydrogen (secondary N) is 1. The number of methoxy groups -OCH3 is 1. The highest BCUT2D eigenvalue weighted by molar-refractivity contribution is 6.36. The highest BCUT2D eigenvalue weighted by Gasteiger charge is 2.38. The molecule has 0 spiro atoms. The Balaban J connectivity index is 2.03. The van der Waals surface area contributed by atoms with Crippen molar-refractivity contribution < 1.29 is 14.3 Å². The molecule has 3 rings (SSSR count). The molecule has 0 saturated carbocycles. The lowest BCUT2D eigenvalue weighted by Crippen LogP contribution is -2.35. The summed E-state index contributed by atoms with van der Waals surface area (Å²) in [5.74, 6) is -0.629. The molecule has 2 amide bonds. The molecule has 1 aliphatic rings. The maximum absolute atomic E-state index is 12.9. The quantitative estimate of drug-likeness (QED) is 0.813. The minimum Gasteiger partial charge on any atom is -0.383 e. The van der Waals surface area contributed by atoms with E-state index in [9.17, 15) is 9.59 Å².